The third kappa shape index (κ3) is 5.56. The summed E-state index contributed by atoms with van der Waals surface area (Å²) < 4.78 is 0. The van der Waals surface area contributed by atoms with Crippen LogP contribution in [-0.2, 0) is 35.5 Å². The average molecular weight is 289 g/mol. The molecule has 0 aliphatic rings. The summed E-state index contributed by atoms with van der Waals surface area (Å²) in [6.07, 6.45) is 2.83. The maximum atomic E-state index is 11.1. The molecule has 8 heteroatoms. The van der Waals surface area contributed by atoms with Crippen LogP contribution < -0.4 is 5.11 Å². The van der Waals surface area contributed by atoms with Crippen LogP contribution in [0.5, 0.6) is 0 Å². The first-order valence-corrected chi connectivity index (χ1v) is 4.70. The number of hydrogen-bond donors (Lipinski definition) is 1. The number of carboxylic acids is 1. The smallest absolute Gasteiger partial charge is 0.677 e. The van der Waals surface area contributed by atoms with Gasteiger partial charge in [0, 0.05) is 23.8 Å². The molecule has 1 heterocycles. The summed E-state index contributed by atoms with van der Waals surface area (Å²) in [5.74, 6) is -2.00. The van der Waals surface area contributed by atoms with Crippen molar-refractivity contribution in [2.24, 2.45) is 0 Å². The molecule has 1 aromatic heterocycles. The van der Waals surface area contributed by atoms with Gasteiger partial charge < -0.3 is 30.7 Å². The summed E-state index contributed by atoms with van der Waals surface area (Å²) >= 11 is 0. The number of aliphatic carboxylic acids is 1. The van der Waals surface area contributed by atoms with Gasteiger partial charge in [-0.05, 0) is 12.8 Å². The normalized spacial score (nSPS) is 11.4. The van der Waals surface area contributed by atoms with Crippen molar-refractivity contribution in [3.05, 3.63) is 29.3 Å². The Labute approximate surface area is 111 Å². The third-order valence-electron chi connectivity index (χ3n) is 1.88. The van der Waals surface area contributed by atoms with Crippen molar-refractivity contribution in [1.82, 2.24) is 9.97 Å². The molecule has 0 aromatic carbocycles. The number of amides is 1. The standard InChI is InChI=1S/C9H13N4O3.Zn/c10-2-1-8(14)13-7(9(15)16)3-6-4-11-5-12-6;/h4-5,7,10H,1-3H2,(H3,11,12,13,14,15,16);/q-1;+2/p-2/t7-;/m0./s1. The van der Waals surface area contributed by atoms with Gasteiger partial charge in [-0.1, -0.05) is 6.04 Å². The van der Waals surface area contributed by atoms with Crippen molar-refractivity contribution in [2.75, 3.05) is 6.54 Å². The van der Waals surface area contributed by atoms with E-state index in [1.165, 1.54) is 12.5 Å². The number of hydrogen-bond acceptors (Lipinski definition) is 4. The van der Waals surface area contributed by atoms with Crippen LogP contribution >= 0.6 is 0 Å². The van der Waals surface area contributed by atoms with E-state index in [0.29, 0.717) is 5.69 Å². The number of aromatic nitrogens is 2. The first kappa shape index (κ1) is 15.7. The fraction of sp³-hybridized carbons (Fsp3) is 0.444. The molecule has 0 saturated heterocycles. The number of carbonyl (C=O) groups is 2. The quantitative estimate of drug-likeness (QED) is 0.702. The Bertz CT molecular complexity index is 355. The number of imidazole rings is 1. The minimum absolute atomic E-state index is 0. The molecule has 1 aromatic rings. The molecule has 0 unspecified atom stereocenters. The Balaban J connectivity index is 0.00000256. The van der Waals surface area contributed by atoms with E-state index in [-0.39, 0.29) is 38.9 Å². The van der Waals surface area contributed by atoms with Crippen molar-refractivity contribution in [1.29, 1.82) is 0 Å². The van der Waals surface area contributed by atoms with Crippen LogP contribution in [0.4, 0.5) is 0 Å². The molecule has 0 aliphatic carbocycles. The van der Waals surface area contributed by atoms with E-state index < -0.39 is 17.9 Å². The Morgan fingerprint density at radius 3 is 2.76 bits per heavy atom. The van der Waals surface area contributed by atoms with Crippen molar-refractivity contribution in [3.63, 3.8) is 0 Å². The Hall–Kier alpha value is -1.27. The van der Waals surface area contributed by atoms with Crippen LogP contribution in [0.1, 0.15) is 12.1 Å². The Kier molecular flexibility index (Phi) is 7.33. The second-order valence-electron chi connectivity index (χ2n) is 3.14. The van der Waals surface area contributed by atoms with Crippen molar-refractivity contribution >= 4 is 11.9 Å². The molecule has 2 N–H and O–H groups in total. The summed E-state index contributed by atoms with van der Waals surface area (Å²) in [6, 6.07) is -1.22. The van der Waals surface area contributed by atoms with E-state index >= 15 is 0 Å². The summed E-state index contributed by atoms with van der Waals surface area (Å²) in [5.41, 5.74) is 7.39. The van der Waals surface area contributed by atoms with Crippen LogP contribution in [0.25, 0.3) is 11.1 Å². The molecule has 1 rings (SSSR count). The molecular formula is C9H11N4O3Zn-. The second kappa shape index (κ2) is 7.92. The van der Waals surface area contributed by atoms with Gasteiger partial charge in [0.25, 0.3) is 0 Å². The van der Waals surface area contributed by atoms with Gasteiger partial charge in [-0.3, -0.25) is 0 Å². The van der Waals surface area contributed by atoms with E-state index in [4.69, 9.17) is 5.73 Å². The van der Waals surface area contributed by atoms with Gasteiger partial charge in [0.05, 0.1) is 6.33 Å². The first-order valence-electron chi connectivity index (χ1n) is 4.70. The summed E-state index contributed by atoms with van der Waals surface area (Å²) in [5, 5.41) is 14.2. The molecule has 0 spiro atoms. The van der Waals surface area contributed by atoms with Crippen LogP contribution in [0.3, 0.4) is 0 Å². The topological polar surface area (TPSA) is 124 Å². The zero-order valence-corrected chi connectivity index (χ0v) is 12.1. The monoisotopic (exact) mass is 287 g/mol. The predicted molar refractivity (Wildman–Crippen MR) is 53.3 cm³/mol. The number of carbonyl (C=O) groups excluding carboxylic acids is 2. The Morgan fingerprint density at radius 1 is 1.59 bits per heavy atom. The molecule has 1 atom stereocenters. The van der Waals surface area contributed by atoms with Crippen LogP contribution in [0.15, 0.2) is 12.5 Å². The van der Waals surface area contributed by atoms with Crippen molar-refractivity contribution < 1.29 is 34.2 Å². The van der Waals surface area contributed by atoms with Crippen molar-refractivity contribution in [3.8, 4) is 0 Å². The molecule has 0 bridgehead atoms. The minimum atomic E-state index is -1.41. The number of carboxylic acid groups (broad SMARTS) is 1. The van der Waals surface area contributed by atoms with E-state index in [2.05, 4.69) is 15.3 Å². The van der Waals surface area contributed by atoms with Gasteiger partial charge in [0.1, 0.15) is 0 Å². The number of aromatic amines is 1. The molecule has 7 nitrogen and oxygen atoms in total. The second-order valence-corrected chi connectivity index (χ2v) is 3.14. The van der Waals surface area contributed by atoms with Crippen molar-refractivity contribution in [2.45, 2.75) is 18.9 Å². The van der Waals surface area contributed by atoms with E-state index in [0.717, 1.165) is 0 Å². The number of H-pyrrole nitrogens is 1. The van der Waals surface area contributed by atoms with E-state index in [1.54, 1.807) is 0 Å². The first-order chi connectivity index (χ1) is 7.63. The van der Waals surface area contributed by atoms with E-state index in [1.807, 2.05) is 0 Å². The molecule has 17 heavy (non-hydrogen) atoms. The van der Waals surface area contributed by atoms with Gasteiger partial charge in [-0.2, -0.15) is 0 Å². The molecule has 1 amide bonds. The molecule has 0 radical (unpaired) electrons. The molecule has 0 saturated carbocycles. The van der Waals surface area contributed by atoms with E-state index in [9.17, 15) is 14.7 Å². The SMILES string of the molecule is [NH-]CCC(=O)[N-][C@@H](Cc1cnc[nH]1)C(=O)[O-].[Zn+2]. The minimum Gasteiger partial charge on any atom is -0.677 e. The fourth-order valence-electron chi connectivity index (χ4n) is 1.13. The predicted octanol–water partition coefficient (Wildman–Crippen LogP) is -0.589. The molecule has 0 fully saturated rings. The summed E-state index contributed by atoms with van der Waals surface area (Å²) in [6.45, 7) is -0.105. The molecule has 0 aliphatic heterocycles. The fourth-order valence-corrected chi connectivity index (χ4v) is 1.13. The number of rotatable bonds is 6. The molecular weight excluding hydrogens is 278 g/mol. The maximum Gasteiger partial charge on any atom is 2.00 e. The van der Waals surface area contributed by atoms with Gasteiger partial charge in [-0.15, -0.1) is 6.54 Å². The van der Waals surface area contributed by atoms with Gasteiger partial charge in [0.15, 0.2) is 0 Å². The third-order valence-corrected chi connectivity index (χ3v) is 1.88. The van der Waals surface area contributed by atoms with Crippen LogP contribution in [-0.4, -0.2) is 34.4 Å². The maximum absolute atomic E-state index is 11.1. The summed E-state index contributed by atoms with van der Waals surface area (Å²) in [7, 11) is 0. The average Bonchev–Trinajstić information content (AvgIpc) is 2.69. The Morgan fingerprint density at radius 2 is 2.29 bits per heavy atom. The van der Waals surface area contributed by atoms with Gasteiger partial charge in [0.2, 0.25) is 0 Å². The summed E-state index contributed by atoms with van der Waals surface area (Å²) in [4.78, 5) is 28.3. The van der Waals surface area contributed by atoms with Gasteiger partial charge in [-0.25, -0.2) is 4.98 Å². The molecule has 88 valence electrons. The number of nitrogens with one attached hydrogen (secondary N) is 2. The number of nitrogens with zero attached hydrogens (tertiary/aromatic N) is 2. The zero-order valence-electron chi connectivity index (χ0n) is 9.18. The van der Waals surface area contributed by atoms with Gasteiger partial charge >= 0.3 is 19.5 Å². The van der Waals surface area contributed by atoms with Crippen LogP contribution in [0, 0.1) is 0 Å². The van der Waals surface area contributed by atoms with Crippen LogP contribution in [0.2, 0.25) is 0 Å². The zero-order chi connectivity index (χ0) is 12.0. The largest absolute Gasteiger partial charge is 2.00 e.